The molecule has 0 N–H and O–H groups in total. The second-order valence-electron chi connectivity index (χ2n) is 5.08. The van der Waals surface area contributed by atoms with Gasteiger partial charge >= 0.3 is 126 Å². The molecular formula is C18H14Zr. The standard InChI is InChI=1S/C13H9.C5H5.Zr/c1-3-7-12-10(5-1)9-11-6-2-4-8-13(11)12;1-2-4-5-3-1;/h1-9H;1-3H,4H2;. The molecule has 0 nitrogen and oxygen atoms in total. The Balaban J connectivity index is 1.82. The van der Waals surface area contributed by atoms with E-state index in [0.29, 0.717) is 3.63 Å². The summed E-state index contributed by atoms with van der Waals surface area (Å²) in [5.74, 6) is 0. The molecule has 0 radical (unpaired) electrons. The predicted molar refractivity (Wildman–Crippen MR) is 75.6 cm³/mol. The van der Waals surface area contributed by atoms with Crippen molar-refractivity contribution in [2.45, 2.75) is 10.0 Å². The van der Waals surface area contributed by atoms with Crippen molar-refractivity contribution in [1.82, 2.24) is 0 Å². The number of rotatable bonds is 2. The van der Waals surface area contributed by atoms with Gasteiger partial charge < -0.3 is 0 Å². The normalized spacial score (nSPS) is 16.1. The van der Waals surface area contributed by atoms with Crippen LogP contribution < -0.4 is 0 Å². The van der Waals surface area contributed by atoms with E-state index in [1.165, 1.54) is 17.5 Å². The average Bonchev–Trinajstić information content (AvgIpc) is 3.08. The zero-order chi connectivity index (χ0) is 12.7. The molecule has 0 saturated heterocycles. The van der Waals surface area contributed by atoms with E-state index >= 15 is 0 Å². The van der Waals surface area contributed by atoms with Gasteiger partial charge in [0.2, 0.25) is 0 Å². The van der Waals surface area contributed by atoms with Gasteiger partial charge in [-0.25, -0.2) is 0 Å². The van der Waals surface area contributed by atoms with E-state index in [9.17, 15) is 0 Å². The Bertz CT molecular complexity index is 649. The third kappa shape index (κ3) is 1.92. The van der Waals surface area contributed by atoms with Crippen LogP contribution in [0.15, 0.2) is 70.0 Å². The fraction of sp³-hybridized carbons (Fsp3) is 0.111. The quantitative estimate of drug-likeness (QED) is 0.753. The number of hydrogen-bond acceptors (Lipinski definition) is 0. The molecule has 90 valence electrons. The molecule has 0 bridgehead atoms. The molecule has 0 fully saturated rings. The Labute approximate surface area is 125 Å². The Morgan fingerprint density at radius 3 is 2.05 bits per heavy atom. The van der Waals surface area contributed by atoms with Crippen LogP contribution in [-0.2, 0) is 23.2 Å². The van der Waals surface area contributed by atoms with Gasteiger partial charge in [-0.05, 0) is 0 Å². The van der Waals surface area contributed by atoms with Gasteiger partial charge in [-0.2, -0.15) is 0 Å². The summed E-state index contributed by atoms with van der Waals surface area (Å²) >= 11 is -0.570. The minimum atomic E-state index is -0.570. The molecule has 2 aliphatic rings. The van der Waals surface area contributed by atoms with E-state index in [-0.39, 0.29) is 0 Å². The Morgan fingerprint density at radius 1 is 0.842 bits per heavy atom. The molecular weight excluding hydrogens is 307 g/mol. The molecule has 2 aliphatic carbocycles. The predicted octanol–water partition coefficient (Wildman–Crippen LogP) is 4.68. The summed E-state index contributed by atoms with van der Waals surface area (Å²) in [6, 6.07) is 18.0. The third-order valence-corrected chi connectivity index (χ3v) is 8.00. The number of allylic oxidation sites excluding steroid dienone is 4. The van der Waals surface area contributed by atoms with Crippen LogP contribution in [0.3, 0.4) is 0 Å². The molecule has 19 heavy (non-hydrogen) atoms. The first-order valence-corrected chi connectivity index (χ1v) is 9.39. The maximum absolute atomic E-state index is 2.36. The molecule has 2 aromatic carbocycles. The minimum absolute atomic E-state index is 0.570. The van der Waals surface area contributed by atoms with Gasteiger partial charge in [0.25, 0.3) is 0 Å². The van der Waals surface area contributed by atoms with Crippen LogP contribution in [0.4, 0.5) is 0 Å². The fourth-order valence-electron chi connectivity index (χ4n) is 3.05. The monoisotopic (exact) mass is 320 g/mol. The molecule has 4 rings (SSSR count). The van der Waals surface area contributed by atoms with Crippen LogP contribution in [0.25, 0.3) is 11.1 Å². The molecule has 1 heteroatoms. The van der Waals surface area contributed by atoms with E-state index in [1.54, 1.807) is 14.4 Å². The van der Waals surface area contributed by atoms with E-state index in [0.717, 1.165) is 0 Å². The van der Waals surface area contributed by atoms with Gasteiger partial charge in [-0.3, -0.25) is 0 Å². The Hall–Kier alpha value is -1.20. The van der Waals surface area contributed by atoms with Crippen LogP contribution in [0.5, 0.6) is 0 Å². The average molecular weight is 322 g/mol. The van der Waals surface area contributed by atoms with Gasteiger partial charge in [0, 0.05) is 0 Å². The van der Waals surface area contributed by atoms with E-state index in [2.05, 4.69) is 66.8 Å². The summed E-state index contributed by atoms with van der Waals surface area (Å²) in [6.07, 6.45) is 8.08. The van der Waals surface area contributed by atoms with Crippen LogP contribution in [-0.4, -0.2) is 0 Å². The zero-order valence-corrected chi connectivity index (χ0v) is 13.1. The van der Waals surface area contributed by atoms with Crippen LogP contribution in [0.2, 0.25) is 0 Å². The zero-order valence-electron chi connectivity index (χ0n) is 10.6. The summed E-state index contributed by atoms with van der Waals surface area (Å²) in [4.78, 5) is 0. The molecule has 2 aromatic rings. The van der Waals surface area contributed by atoms with Crippen molar-refractivity contribution in [2.24, 2.45) is 0 Å². The van der Waals surface area contributed by atoms with Crippen molar-refractivity contribution in [2.75, 3.05) is 0 Å². The first-order valence-electron chi connectivity index (χ1n) is 6.74. The Morgan fingerprint density at radius 2 is 1.47 bits per heavy atom. The van der Waals surface area contributed by atoms with Gasteiger partial charge in [-0.15, -0.1) is 0 Å². The molecule has 0 atom stereocenters. The first kappa shape index (κ1) is 11.6. The summed E-state index contributed by atoms with van der Waals surface area (Å²) in [7, 11) is 0. The summed E-state index contributed by atoms with van der Waals surface area (Å²) in [5.41, 5.74) is 6.08. The van der Waals surface area contributed by atoms with E-state index < -0.39 is 23.2 Å². The van der Waals surface area contributed by atoms with Crippen molar-refractivity contribution < 1.29 is 23.2 Å². The topological polar surface area (TPSA) is 0 Å². The molecule has 0 aliphatic heterocycles. The van der Waals surface area contributed by atoms with Crippen molar-refractivity contribution >= 4 is 0 Å². The van der Waals surface area contributed by atoms with Crippen molar-refractivity contribution in [1.29, 1.82) is 0 Å². The molecule has 0 amide bonds. The van der Waals surface area contributed by atoms with Gasteiger partial charge in [0.05, 0.1) is 0 Å². The molecule has 0 spiro atoms. The van der Waals surface area contributed by atoms with Crippen LogP contribution in [0, 0.1) is 0 Å². The summed E-state index contributed by atoms with van der Waals surface area (Å²) in [6.45, 7) is 0. The van der Waals surface area contributed by atoms with Crippen molar-refractivity contribution in [3.63, 3.8) is 0 Å². The molecule has 0 heterocycles. The SMILES string of the molecule is C1=CC[C]([Zr][CH]2c3ccccc3-c3ccccc32)=C1. The fourth-order valence-corrected chi connectivity index (χ4v) is 7.02. The van der Waals surface area contributed by atoms with Gasteiger partial charge in [-0.1, -0.05) is 0 Å². The maximum atomic E-state index is 2.36. The second kappa shape index (κ2) is 4.72. The van der Waals surface area contributed by atoms with Gasteiger partial charge in [0.15, 0.2) is 0 Å². The van der Waals surface area contributed by atoms with Crippen LogP contribution >= 0.6 is 0 Å². The molecule has 0 aromatic heterocycles. The van der Waals surface area contributed by atoms with Gasteiger partial charge in [0.1, 0.15) is 0 Å². The molecule has 0 unspecified atom stereocenters. The van der Waals surface area contributed by atoms with Crippen molar-refractivity contribution in [3.8, 4) is 11.1 Å². The summed E-state index contributed by atoms with van der Waals surface area (Å²) in [5, 5.41) is 0. The van der Waals surface area contributed by atoms with Crippen LogP contribution in [0.1, 0.15) is 21.2 Å². The van der Waals surface area contributed by atoms with E-state index in [1.807, 2.05) is 0 Å². The molecule has 0 saturated carbocycles. The first-order chi connectivity index (χ1) is 9.43. The van der Waals surface area contributed by atoms with Crippen molar-refractivity contribution in [3.05, 3.63) is 81.2 Å². The third-order valence-electron chi connectivity index (χ3n) is 3.93. The second-order valence-corrected chi connectivity index (χ2v) is 8.78. The summed E-state index contributed by atoms with van der Waals surface area (Å²) < 4.78 is 2.43. The van der Waals surface area contributed by atoms with E-state index in [4.69, 9.17) is 0 Å². The number of hydrogen-bond donors (Lipinski definition) is 0. The number of fused-ring (bicyclic) bond motifs is 3. The Kier molecular flexibility index (Phi) is 2.89. The number of benzene rings is 2.